The number of likely N-dealkylation sites (N-methyl/N-ethyl adjacent to an activating group) is 2. The van der Waals surface area contributed by atoms with Gasteiger partial charge in [-0.25, -0.2) is 0 Å². The van der Waals surface area contributed by atoms with Crippen LogP contribution in [0.5, 0.6) is 0 Å². The Kier molecular flexibility index (Phi) is 16.3. The Morgan fingerprint density at radius 3 is 1.79 bits per heavy atom. The van der Waals surface area contributed by atoms with Crippen LogP contribution in [0.15, 0.2) is 66.7 Å². The second kappa shape index (κ2) is 22.4. The summed E-state index contributed by atoms with van der Waals surface area (Å²) < 4.78 is 5.70. The summed E-state index contributed by atoms with van der Waals surface area (Å²) in [5.41, 5.74) is 6.66. The zero-order valence-corrected chi connectivity index (χ0v) is 42.8. The van der Waals surface area contributed by atoms with E-state index in [9.17, 15) is 19.2 Å². The highest BCUT2D eigenvalue weighted by Crippen LogP contribution is 2.39. The molecule has 0 aromatic heterocycles. The Morgan fingerprint density at radius 1 is 0.648 bits per heavy atom. The third-order valence-corrected chi connectivity index (χ3v) is 16.0. The minimum Gasteiger partial charge on any atom is -0.381 e. The van der Waals surface area contributed by atoms with Crippen molar-refractivity contribution in [3.05, 3.63) is 106 Å². The number of rotatable bonds is 14. The molecule has 0 bridgehead atoms. The fraction of sp³-hybridized carbons (Fsp3) is 0.571. The number of hydrogen-bond acceptors (Lipinski definition) is 9. The Balaban J connectivity index is 1.12. The molecule has 15 nitrogen and oxygen atoms in total. The van der Waals surface area contributed by atoms with Crippen molar-refractivity contribution in [3.8, 4) is 0 Å². The Morgan fingerprint density at radius 2 is 1.21 bits per heavy atom. The Labute approximate surface area is 419 Å². The molecule has 2 fully saturated rings. The van der Waals surface area contributed by atoms with E-state index in [0.29, 0.717) is 32.5 Å². The molecule has 382 valence electrons. The van der Waals surface area contributed by atoms with Crippen LogP contribution in [0.2, 0.25) is 0 Å². The van der Waals surface area contributed by atoms with Crippen LogP contribution in [0.1, 0.15) is 137 Å². The molecule has 15 heteroatoms. The number of nitrogens with one attached hydrogen (secondary N) is 6. The third-order valence-electron chi connectivity index (χ3n) is 16.0. The molecule has 3 aromatic rings. The first-order valence-electron chi connectivity index (χ1n) is 26.1. The zero-order valence-electron chi connectivity index (χ0n) is 42.8. The lowest BCUT2D eigenvalue weighted by Gasteiger charge is -2.41. The molecule has 3 aromatic carbocycles. The molecule has 5 aliphatic rings. The first-order valence-corrected chi connectivity index (χ1v) is 26.1. The van der Waals surface area contributed by atoms with E-state index in [0.717, 1.165) is 66.3 Å². The maximum atomic E-state index is 15.3. The molecule has 8 rings (SSSR count). The molecular weight excluding hydrogens is 897 g/mol. The molecule has 71 heavy (non-hydrogen) atoms. The van der Waals surface area contributed by atoms with Gasteiger partial charge in [0.25, 0.3) is 0 Å². The number of likely N-dealkylation sites (tertiary alicyclic amines) is 1. The Bertz CT molecular complexity index is 2450. The summed E-state index contributed by atoms with van der Waals surface area (Å²) in [6, 6.07) is 17.6. The second-order valence-electron chi connectivity index (χ2n) is 21.7. The van der Waals surface area contributed by atoms with Crippen LogP contribution in [0.4, 0.5) is 0 Å². The van der Waals surface area contributed by atoms with Crippen LogP contribution in [0, 0.1) is 11.3 Å². The van der Waals surface area contributed by atoms with Gasteiger partial charge in [-0.15, -0.1) is 0 Å². The highest BCUT2D eigenvalue weighted by molar-refractivity contribution is 5.95. The van der Waals surface area contributed by atoms with Gasteiger partial charge in [-0.1, -0.05) is 87.5 Å². The normalized spacial score (nSPS) is 24.0. The molecule has 0 radical (unpaired) electrons. The van der Waals surface area contributed by atoms with Crippen molar-refractivity contribution < 1.29 is 33.5 Å². The predicted molar refractivity (Wildman–Crippen MR) is 272 cm³/mol. The van der Waals surface area contributed by atoms with Crippen molar-refractivity contribution in [2.45, 2.75) is 160 Å². The lowest BCUT2D eigenvalue weighted by molar-refractivity contribution is -0.147. The van der Waals surface area contributed by atoms with Gasteiger partial charge in [-0.2, -0.15) is 0 Å². The quantitative estimate of drug-likeness (QED) is 0.133. The zero-order chi connectivity index (χ0) is 50.6. The van der Waals surface area contributed by atoms with Gasteiger partial charge in [-0.05, 0) is 136 Å². The maximum absolute atomic E-state index is 15.3. The molecule has 9 atom stereocenters. The second-order valence-corrected chi connectivity index (χ2v) is 21.7. The van der Waals surface area contributed by atoms with Gasteiger partial charge in [0.1, 0.15) is 24.2 Å². The molecule has 0 spiro atoms. The van der Waals surface area contributed by atoms with Crippen LogP contribution >= 0.6 is 0 Å². The summed E-state index contributed by atoms with van der Waals surface area (Å²) >= 11 is 0. The molecular formula is C56H76N8O7. The van der Waals surface area contributed by atoms with Crippen molar-refractivity contribution in [1.29, 1.82) is 0 Å². The van der Waals surface area contributed by atoms with E-state index in [-0.39, 0.29) is 78.9 Å². The monoisotopic (exact) mass is 973 g/mol. The van der Waals surface area contributed by atoms with Crippen molar-refractivity contribution >= 4 is 35.4 Å². The van der Waals surface area contributed by atoms with Gasteiger partial charge in [-0.3, -0.25) is 28.8 Å². The average molecular weight is 973 g/mol. The van der Waals surface area contributed by atoms with Crippen molar-refractivity contribution in [2.24, 2.45) is 11.3 Å². The number of benzene rings is 3. The van der Waals surface area contributed by atoms with Crippen LogP contribution in [-0.2, 0) is 59.3 Å². The summed E-state index contributed by atoms with van der Waals surface area (Å²) in [6.45, 7) is 10.5. The molecule has 0 saturated carbocycles. The lowest BCUT2D eigenvalue weighted by atomic mass is 9.85. The fourth-order valence-electron chi connectivity index (χ4n) is 11.5. The average Bonchev–Trinajstić information content (AvgIpc) is 3.84. The Hall–Kier alpha value is -5.64. The number of aryl methyl sites for hydroxylation is 2. The van der Waals surface area contributed by atoms with Crippen LogP contribution in [0.25, 0.3) is 0 Å². The molecule has 6 N–H and O–H groups in total. The van der Waals surface area contributed by atoms with Crippen LogP contribution in [-0.4, -0.2) is 115 Å². The van der Waals surface area contributed by atoms with E-state index in [1.165, 1.54) is 11.1 Å². The summed E-state index contributed by atoms with van der Waals surface area (Å²) in [4.78, 5) is 90.1. The smallest absolute Gasteiger partial charge is 0.246 e. The first-order chi connectivity index (χ1) is 34.1. The van der Waals surface area contributed by atoms with E-state index in [1.54, 1.807) is 37.7 Å². The molecule has 2 aliphatic carbocycles. The van der Waals surface area contributed by atoms with Gasteiger partial charge in [0.05, 0.1) is 24.2 Å². The van der Waals surface area contributed by atoms with Crippen molar-refractivity contribution in [1.82, 2.24) is 41.7 Å². The van der Waals surface area contributed by atoms with E-state index < -0.39 is 41.7 Å². The van der Waals surface area contributed by atoms with Crippen LogP contribution < -0.4 is 31.9 Å². The molecule has 6 amide bonds. The standard InChI is InChI=1S/C56H76N8O7/c1-33(57-6)50(65)61-48(37-24-26-71-27-25-37)54(69)63-31-40-28-38(22-23-39(40)29-46(63)52(67)59-44-20-12-16-35-14-8-10-18-42(35)44)41-30-47(53(68)60-45-21-13-17-36-15-9-11-19-43(36)45)64(32-41)55(70)49(56(3,4)5)62-51(66)34(2)58-7/h8-11,14-15,18-19,22-23,28,33-34,37,41,44-49,57-58H,12-13,16-17,20-21,24-27,29-32H2,1-7H3,(H,59,67)(H,60,68)(H,61,65)(H,62,66)/t33-,34-,41-,44+,45+,46-,47-,48-,49+/m0/s1. The number of ether oxygens (including phenoxy) is 1. The number of carbonyl (C=O) groups excluding carboxylic acids is 6. The maximum Gasteiger partial charge on any atom is 0.246 e. The molecule has 0 unspecified atom stereocenters. The van der Waals surface area contributed by atoms with E-state index in [1.807, 2.05) is 57.2 Å². The molecule has 2 saturated heterocycles. The fourth-order valence-corrected chi connectivity index (χ4v) is 11.5. The van der Waals surface area contributed by atoms with Crippen molar-refractivity contribution in [2.75, 3.05) is 33.9 Å². The highest BCUT2D eigenvalue weighted by atomic mass is 16.5. The summed E-state index contributed by atoms with van der Waals surface area (Å²) in [6.07, 6.45) is 7.12. The highest BCUT2D eigenvalue weighted by Gasteiger charge is 2.47. The van der Waals surface area contributed by atoms with Gasteiger partial charge in [0.15, 0.2) is 0 Å². The molecule has 3 aliphatic heterocycles. The van der Waals surface area contributed by atoms with E-state index in [4.69, 9.17) is 4.74 Å². The number of nitrogens with zero attached hydrogens (tertiary/aromatic N) is 2. The SMILES string of the molecule is CN[C@@H](C)C(=O)N[C@H](C(=O)N1Cc2cc([C@H]3C[C@@H](C(=O)N[C@@H]4CCCc5ccccc54)N(C(=O)[C@@H](NC(=O)[C@H](C)NC)C(C)(C)C)C3)ccc2C[C@H]1C(=O)N[C@@H]1CCCc2ccccc21)C1CCOCC1. The third kappa shape index (κ3) is 11.5. The largest absolute Gasteiger partial charge is 0.381 e. The van der Waals surface area contributed by atoms with E-state index >= 15 is 9.59 Å². The predicted octanol–water partition coefficient (Wildman–Crippen LogP) is 4.67. The van der Waals surface area contributed by atoms with Crippen LogP contribution in [0.3, 0.4) is 0 Å². The van der Waals surface area contributed by atoms with Gasteiger partial charge >= 0.3 is 0 Å². The van der Waals surface area contributed by atoms with Gasteiger partial charge < -0.3 is 46.4 Å². The van der Waals surface area contributed by atoms with Gasteiger partial charge in [0, 0.05) is 38.6 Å². The number of carbonyl (C=O) groups is 6. The number of amides is 6. The summed E-state index contributed by atoms with van der Waals surface area (Å²) in [7, 11) is 3.40. The minimum atomic E-state index is -0.913. The summed E-state index contributed by atoms with van der Waals surface area (Å²) in [5.74, 6) is -2.16. The van der Waals surface area contributed by atoms with Crippen molar-refractivity contribution in [3.63, 3.8) is 0 Å². The van der Waals surface area contributed by atoms with Gasteiger partial charge in [0.2, 0.25) is 35.4 Å². The van der Waals surface area contributed by atoms with E-state index in [2.05, 4.69) is 62.2 Å². The lowest BCUT2D eigenvalue weighted by Crippen LogP contribution is -2.61. The number of hydrogen-bond donors (Lipinski definition) is 6. The first kappa shape index (κ1) is 51.7. The molecule has 3 heterocycles. The topological polar surface area (TPSA) is 190 Å². The number of fused-ring (bicyclic) bond motifs is 3. The minimum absolute atomic E-state index is 0.126. The summed E-state index contributed by atoms with van der Waals surface area (Å²) in [5, 5.41) is 18.8.